The Morgan fingerprint density at radius 3 is 2.31 bits per heavy atom. The third kappa shape index (κ3) is 5.60. The van der Waals surface area contributed by atoms with Crippen molar-refractivity contribution in [2.24, 2.45) is 5.92 Å². The normalized spacial score (nSPS) is 23.1. The first-order valence-electron chi connectivity index (χ1n) is 12.3. The first-order valence-corrected chi connectivity index (χ1v) is 13.9. The number of hydrogen-bond donors (Lipinski definition) is 0. The number of benzene rings is 1. The fourth-order valence-corrected chi connectivity index (χ4v) is 7.52. The van der Waals surface area contributed by atoms with Gasteiger partial charge in [-0.1, -0.05) is 25.7 Å². The summed E-state index contributed by atoms with van der Waals surface area (Å²) in [6.45, 7) is 4.39. The van der Waals surface area contributed by atoms with E-state index in [9.17, 15) is 17.6 Å². The number of sulfonamides is 1. The number of piperazine rings is 1. The molecular weight excluding hydrogens is 427 g/mol. The molecule has 3 fully saturated rings. The summed E-state index contributed by atoms with van der Waals surface area (Å²) in [5.41, 5.74) is 1.28. The van der Waals surface area contributed by atoms with Gasteiger partial charge in [-0.15, -0.1) is 0 Å². The second kappa shape index (κ2) is 9.90. The molecule has 1 saturated heterocycles. The minimum Gasteiger partial charge on any atom is -0.295 e. The Bertz CT molecular complexity index is 913. The van der Waals surface area contributed by atoms with Gasteiger partial charge in [-0.3, -0.25) is 9.69 Å². The highest BCUT2D eigenvalue weighted by Gasteiger charge is 2.41. The number of hydrogen-bond acceptors (Lipinski definition) is 4. The molecule has 0 N–H and O–H groups in total. The standard InChI is InChI=1S/C25H37FN2O3S/c1-20-18-22(26)8-9-23(20)24(29)10-13-25(11-4-2-3-5-12-25)27-14-16-28(17-15-27)32(30,31)19-21-6-7-21/h8-9,18,21H,2-7,10-17,19H2,1H3. The van der Waals surface area contributed by atoms with Crippen LogP contribution in [-0.4, -0.2) is 60.9 Å². The van der Waals surface area contributed by atoms with Crippen LogP contribution in [0.2, 0.25) is 0 Å². The highest BCUT2D eigenvalue weighted by Crippen LogP contribution is 2.38. The molecule has 4 rings (SSSR count). The van der Waals surface area contributed by atoms with Crippen molar-refractivity contribution >= 4 is 15.8 Å². The first-order chi connectivity index (χ1) is 15.3. The van der Waals surface area contributed by atoms with Crippen molar-refractivity contribution in [1.29, 1.82) is 0 Å². The van der Waals surface area contributed by atoms with E-state index < -0.39 is 10.0 Å². The summed E-state index contributed by atoms with van der Waals surface area (Å²) in [5, 5.41) is 0. The van der Waals surface area contributed by atoms with Gasteiger partial charge in [0.1, 0.15) is 5.82 Å². The van der Waals surface area contributed by atoms with Crippen molar-refractivity contribution in [1.82, 2.24) is 9.21 Å². The fraction of sp³-hybridized carbons (Fsp3) is 0.720. The van der Waals surface area contributed by atoms with Gasteiger partial charge in [0.2, 0.25) is 10.0 Å². The van der Waals surface area contributed by atoms with Crippen molar-refractivity contribution in [3.05, 3.63) is 35.1 Å². The number of rotatable bonds is 8. The van der Waals surface area contributed by atoms with Crippen LogP contribution in [0.3, 0.4) is 0 Å². The van der Waals surface area contributed by atoms with Crippen molar-refractivity contribution in [2.75, 3.05) is 31.9 Å². The summed E-state index contributed by atoms with van der Waals surface area (Å²) in [7, 11) is -3.15. The van der Waals surface area contributed by atoms with E-state index >= 15 is 0 Å². The molecule has 2 aliphatic carbocycles. The molecule has 0 aromatic heterocycles. The van der Waals surface area contributed by atoms with Crippen LogP contribution >= 0.6 is 0 Å². The average molecular weight is 465 g/mol. The van der Waals surface area contributed by atoms with Crippen LogP contribution in [0.5, 0.6) is 0 Å². The maximum Gasteiger partial charge on any atom is 0.214 e. The van der Waals surface area contributed by atoms with E-state index in [0.29, 0.717) is 42.3 Å². The quantitative estimate of drug-likeness (QED) is 0.418. The highest BCUT2D eigenvalue weighted by molar-refractivity contribution is 7.89. The molecule has 1 aromatic carbocycles. The summed E-state index contributed by atoms with van der Waals surface area (Å²) in [6.07, 6.45) is 10.2. The maximum atomic E-state index is 13.5. The maximum absolute atomic E-state index is 13.5. The summed E-state index contributed by atoms with van der Waals surface area (Å²) in [6, 6.07) is 4.40. The van der Waals surface area contributed by atoms with E-state index in [0.717, 1.165) is 58.0 Å². The largest absolute Gasteiger partial charge is 0.295 e. The van der Waals surface area contributed by atoms with Gasteiger partial charge in [0.05, 0.1) is 5.75 Å². The molecule has 0 amide bonds. The number of aryl methyl sites for hydroxylation is 1. The zero-order chi connectivity index (χ0) is 22.8. The summed E-state index contributed by atoms with van der Waals surface area (Å²) < 4.78 is 40.6. The summed E-state index contributed by atoms with van der Waals surface area (Å²) in [5.74, 6) is 0.446. The topological polar surface area (TPSA) is 57.7 Å². The monoisotopic (exact) mass is 464 g/mol. The Labute approximate surface area is 192 Å². The smallest absolute Gasteiger partial charge is 0.214 e. The molecule has 0 bridgehead atoms. The van der Waals surface area contributed by atoms with E-state index in [1.807, 2.05) is 0 Å². The van der Waals surface area contributed by atoms with Crippen molar-refractivity contribution in [3.8, 4) is 0 Å². The van der Waals surface area contributed by atoms with Gasteiger partial charge in [0, 0.05) is 43.7 Å². The van der Waals surface area contributed by atoms with E-state index in [1.165, 1.54) is 25.0 Å². The molecule has 0 atom stereocenters. The lowest BCUT2D eigenvalue weighted by atomic mass is 9.81. The van der Waals surface area contributed by atoms with Crippen LogP contribution in [0.1, 0.15) is 80.1 Å². The third-order valence-corrected chi connectivity index (χ3v) is 9.83. The lowest BCUT2D eigenvalue weighted by molar-refractivity contribution is 0.0320. The number of carbonyl (C=O) groups excluding carboxylic acids is 1. The van der Waals surface area contributed by atoms with Gasteiger partial charge in [0.25, 0.3) is 0 Å². The SMILES string of the molecule is Cc1cc(F)ccc1C(=O)CCC1(N2CCN(S(=O)(=O)CC3CC3)CC2)CCCCCC1. The number of Topliss-reactive ketones (excluding diaryl/α,β-unsaturated/α-hetero) is 1. The molecule has 0 radical (unpaired) electrons. The van der Waals surface area contributed by atoms with Gasteiger partial charge < -0.3 is 0 Å². The van der Waals surface area contributed by atoms with Crippen molar-refractivity contribution in [3.63, 3.8) is 0 Å². The molecule has 0 spiro atoms. The zero-order valence-electron chi connectivity index (χ0n) is 19.3. The van der Waals surface area contributed by atoms with Gasteiger partial charge in [-0.25, -0.2) is 12.8 Å². The third-order valence-electron chi connectivity index (χ3n) is 7.79. The minimum absolute atomic E-state index is 0.0353. The molecule has 1 heterocycles. The Kier molecular flexibility index (Phi) is 7.37. The zero-order valence-corrected chi connectivity index (χ0v) is 20.1. The second-order valence-corrected chi connectivity index (χ2v) is 12.1. The van der Waals surface area contributed by atoms with Crippen molar-refractivity contribution < 1.29 is 17.6 Å². The number of halogens is 1. The first kappa shape index (κ1) is 23.8. The average Bonchev–Trinajstić information content (AvgIpc) is 3.59. The molecule has 32 heavy (non-hydrogen) atoms. The Morgan fingerprint density at radius 1 is 1.06 bits per heavy atom. The number of carbonyl (C=O) groups is 1. The predicted molar refractivity (Wildman–Crippen MR) is 125 cm³/mol. The van der Waals surface area contributed by atoms with Gasteiger partial charge >= 0.3 is 0 Å². The Hall–Kier alpha value is -1.31. The summed E-state index contributed by atoms with van der Waals surface area (Å²) >= 11 is 0. The number of nitrogens with zero attached hydrogens (tertiary/aromatic N) is 2. The fourth-order valence-electron chi connectivity index (χ4n) is 5.66. The van der Waals surface area contributed by atoms with E-state index in [-0.39, 0.29) is 17.1 Å². The Balaban J connectivity index is 1.43. The van der Waals surface area contributed by atoms with Crippen LogP contribution in [0.15, 0.2) is 18.2 Å². The predicted octanol–water partition coefficient (Wildman–Crippen LogP) is 4.55. The van der Waals surface area contributed by atoms with Gasteiger partial charge in [0.15, 0.2) is 5.78 Å². The van der Waals surface area contributed by atoms with Gasteiger partial charge in [-0.05, 0) is 68.7 Å². The Morgan fingerprint density at radius 2 is 1.72 bits per heavy atom. The van der Waals surface area contributed by atoms with Crippen LogP contribution < -0.4 is 0 Å². The highest BCUT2D eigenvalue weighted by atomic mass is 32.2. The molecule has 2 saturated carbocycles. The van der Waals surface area contributed by atoms with E-state index in [2.05, 4.69) is 4.90 Å². The van der Waals surface area contributed by atoms with E-state index in [1.54, 1.807) is 17.3 Å². The molecule has 3 aliphatic rings. The molecule has 178 valence electrons. The van der Waals surface area contributed by atoms with Crippen LogP contribution in [0.25, 0.3) is 0 Å². The lowest BCUT2D eigenvalue weighted by Gasteiger charge is -2.48. The molecule has 0 unspecified atom stereocenters. The molecule has 7 heteroatoms. The van der Waals surface area contributed by atoms with E-state index in [4.69, 9.17) is 0 Å². The van der Waals surface area contributed by atoms with Crippen LogP contribution in [0.4, 0.5) is 4.39 Å². The second-order valence-electron chi connectivity index (χ2n) is 10.1. The molecule has 5 nitrogen and oxygen atoms in total. The molecular formula is C25H37FN2O3S. The summed E-state index contributed by atoms with van der Waals surface area (Å²) in [4.78, 5) is 15.5. The number of ketones is 1. The van der Waals surface area contributed by atoms with Crippen LogP contribution in [0, 0.1) is 18.7 Å². The van der Waals surface area contributed by atoms with Gasteiger partial charge in [-0.2, -0.15) is 4.31 Å². The molecule has 1 aromatic rings. The molecule has 1 aliphatic heterocycles. The van der Waals surface area contributed by atoms with Crippen LogP contribution in [-0.2, 0) is 10.0 Å². The lowest BCUT2D eigenvalue weighted by Crippen LogP contribution is -2.58. The minimum atomic E-state index is -3.15. The van der Waals surface area contributed by atoms with Crippen molar-refractivity contribution in [2.45, 2.75) is 76.7 Å².